The number of carbonyl (C=O) groups excluding carboxylic acids is 2. The second-order valence-electron chi connectivity index (χ2n) is 6.63. The summed E-state index contributed by atoms with van der Waals surface area (Å²) in [6.45, 7) is 5.63. The van der Waals surface area contributed by atoms with Crippen molar-refractivity contribution in [2.45, 2.75) is 26.9 Å². The first-order chi connectivity index (χ1) is 13.8. The van der Waals surface area contributed by atoms with Crippen LogP contribution in [0.5, 0.6) is 11.5 Å². The maximum Gasteiger partial charge on any atom is 0.346 e. The highest BCUT2D eigenvalue weighted by molar-refractivity contribution is 5.99. The Kier molecular flexibility index (Phi) is 5.67. The lowest BCUT2D eigenvalue weighted by molar-refractivity contribution is -0.385. The van der Waals surface area contributed by atoms with Crippen LogP contribution >= 0.6 is 0 Å². The molecule has 2 aromatic rings. The maximum atomic E-state index is 12.5. The maximum absolute atomic E-state index is 12.5. The minimum Gasteiger partial charge on any atom is -0.486 e. The van der Waals surface area contributed by atoms with E-state index in [0.717, 1.165) is 17.2 Å². The molecule has 0 bridgehead atoms. The fraction of sp³-hybridized carbons (Fsp3) is 0.300. The Hall–Kier alpha value is -3.62. The molecule has 9 nitrogen and oxygen atoms in total. The number of rotatable bonds is 5. The number of anilines is 1. The van der Waals surface area contributed by atoms with Gasteiger partial charge in [0.2, 0.25) is 0 Å². The second-order valence-corrected chi connectivity index (χ2v) is 6.63. The highest BCUT2D eigenvalue weighted by Crippen LogP contribution is 2.37. The van der Waals surface area contributed by atoms with E-state index in [1.54, 1.807) is 6.07 Å². The monoisotopic (exact) mass is 400 g/mol. The molecule has 3 rings (SSSR count). The summed E-state index contributed by atoms with van der Waals surface area (Å²) in [6, 6.07) is 7.89. The molecule has 1 heterocycles. The quantitative estimate of drug-likeness (QED) is 0.465. The van der Waals surface area contributed by atoms with Gasteiger partial charge in [0.05, 0.1) is 11.0 Å². The molecule has 29 heavy (non-hydrogen) atoms. The van der Waals surface area contributed by atoms with E-state index in [1.165, 1.54) is 13.0 Å². The van der Waals surface area contributed by atoms with Crippen molar-refractivity contribution in [2.75, 3.05) is 18.5 Å². The lowest BCUT2D eigenvalue weighted by atomic mass is 10.1. The van der Waals surface area contributed by atoms with E-state index < -0.39 is 28.6 Å². The Morgan fingerprint density at radius 1 is 1.14 bits per heavy atom. The van der Waals surface area contributed by atoms with Crippen molar-refractivity contribution in [1.82, 2.24) is 0 Å². The number of carbonyl (C=O) groups is 2. The van der Waals surface area contributed by atoms with E-state index in [2.05, 4.69) is 5.32 Å². The van der Waals surface area contributed by atoms with Gasteiger partial charge >= 0.3 is 5.97 Å². The summed E-state index contributed by atoms with van der Waals surface area (Å²) in [6.07, 6.45) is -1.17. The van der Waals surface area contributed by atoms with Gasteiger partial charge in [0.1, 0.15) is 18.8 Å². The van der Waals surface area contributed by atoms with Gasteiger partial charge in [-0.25, -0.2) is 4.79 Å². The Bertz CT molecular complexity index is 987. The molecule has 0 saturated carbocycles. The van der Waals surface area contributed by atoms with E-state index in [4.69, 9.17) is 14.2 Å². The lowest BCUT2D eigenvalue weighted by Gasteiger charge is -2.19. The van der Waals surface area contributed by atoms with Gasteiger partial charge in [0, 0.05) is 11.8 Å². The molecule has 9 heteroatoms. The van der Waals surface area contributed by atoms with Gasteiger partial charge in [-0.3, -0.25) is 14.9 Å². The zero-order valence-electron chi connectivity index (χ0n) is 16.2. The summed E-state index contributed by atoms with van der Waals surface area (Å²) in [7, 11) is 0. The highest BCUT2D eigenvalue weighted by Gasteiger charge is 2.29. The molecule has 1 unspecified atom stereocenters. The Morgan fingerprint density at radius 3 is 2.45 bits per heavy atom. The topological polar surface area (TPSA) is 117 Å². The van der Waals surface area contributed by atoms with Crippen molar-refractivity contribution in [2.24, 2.45) is 0 Å². The Labute approximate surface area is 166 Å². The Morgan fingerprint density at radius 2 is 1.79 bits per heavy atom. The summed E-state index contributed by atoms with van der Waals surface area (Å²) < 4.78 is 15.9. The van der Waals surface area contributed by atoms with Crippen molar-refractivity contribution in [3.63, 3.8) is 0 Å². The van der Waals surface area contributed by atoms with Gasteiger partial charge in [-0.05, 0) is 38.0 Å². The van der Waals surface area contributed by atoms with Crippen molar-refractivity contribution in [1.29, 1.82) is 0 Å². The molecule has 0 radical (unpaired) electrons. The second kappa shape index (κ2) is 8.17. The number of amides is 1. The molecule has 1 aliphatic rings. The molecule has 1 N–H and O–H groups in total. The number of esters is 1. The van der Waals surface area contributed by atoms with Gasteiger partial charge in [0.25, 0.3) is 11.6 Å². The van der Waals surface area contributed by atoms with Crippen molar-refractivity contribution in [3.8, 4) is 11.5 Å². The number of nitrogens with one attached hydrogen (secondary N) is 1. The highest BCUT2D eigenvalue weighted by atomic mass is 16.6. The van der Waals surface area contributed by atoms with Gasteiger partial charge in [-0.1, -0.05) is 12.1 Å². The number of nitro benzene ring substituents is 1. The van der Waals surface area contributed by atoms with Crippen LogP contribution < -0.4 is 14.8 Å². The number of aryl methyl sites for hydroxylation is 2. The van der Waals surface area contributed by atoms with E-state index >= 15 is 0 Å². The Balaban J connectivity index is 1.77. The molecular formula is C20H20N2O7. The molecule has 0 spiro atoms. The first-order valence-corrected chi connectivity index (χ1v) is 8.93. The third-order valence-corrected chi connectivity index (χ3v) is 4.38. The normalized spacial score (nSPS) is 13.3. The number of benzene rings is 2. The molecule has 1 atom stereocenters. The van der Waals surface area contributed by atoms with Gasteiger partial charge in [-0.2, -0.15) is 0 Å². The number of nitro groups is 1. The summed E-state index contributed by atoms with van der Waals surface area (Å²) >= 11 is 0. The minimum atomic E-state index is -1.17. The number of ether oxygens (including phenoxy) is 3. The summed E-state index contributed by atoms with van der Waals surface area (Å²) in [4.78, 5) is 35.6. The first kappa shape index (κ1) is 20.1. The van der Waals surface area contributed by atoms with Crippen molar-refractivity contribution >= 4 is 23.3 Å². The van der Waals surface area contributed by atoms with Crippen LogP contribution in [0.3, 0.4) is 0 Å². The largest absolute Gasteiger partial charge is 0.486 e. The lowest BCUT2D eigenvalue weighted by Crippen LogP contribution is -2.30. The van der Waals surface area contributed by atoms with Crippen LogP contribution in [0.1, 0.15) is 28.4 Å². The van der Waals surface area contributed by atoms with Gasteiger partial charge in [0.15, 0.2) is 17.6 Å². The summed E-state index contributed by atoms with van der Waals surface area (Å²) in [5.74, 6) is -1.16. The van der Waals surface area contributed by atoms with Gasteiger partial charge in [-0.15, -0.1) is 0 Å². The summed E-state index contributed by atoms with van der Waals surface area (Å²) in [5, 5.41) is 14.1. The number of hydrogen-bond acceptors (Lipinski definition) is 7. The molecule has 1 aliphatic heterocycles. The van der Waals surface area contributed by atoms with Crippen LogP contribution in [-0.4, -0.2) is 36.1 Å². The molecule has 0 aromatic heterocycles. The molecule has 152 valence electrons. The number of nitrogens with zero attached hydrogens (tertiary/aromatic N) is 1. The molecule has 0 aliphatic carbocycles. The van der Waals surface area contributed by atoms with Crippen molar-refractivity contribution < 1.29 is 28.7 Å². The molecule has 0 saturated heterocycles. The average Bonchev–Trinajstić information content (AvgIpc) is 2.69. The molecular weight excluding hydrogens is 380 g/mol. The molecule has 0 fully saturated rings. The zero-order valence-corrected chi connectivity index (χ0v) is 16.2. The van der Waals surface area contributed by atoms with Gasteiger partial charge < -0.3 is 19.5 Å². The predicted molar refractivity (Wildman–Crippen MR) is 104 cm³/mol. The van der Waals surface area contributed by atoms with Crippen LogP contribution in [0, 0.1) is 24.0 Å². The van der Waals surface area contributed by atoms with E-state index in [9.17, 15) is 19.7 Å². The third-order valence-electron chi connectivity index (χ3n) is 4.38. The standard InChI is InChI=1S/C20H20N2O7/c1-11-4-5-12(2)15(8-11)21-19(23)13(3)29-20(24)14-9-17-18(28-7-6-27-17)10-16(14)22(25)26/h4-5,8-10,13H,6-7H2,1-3H3,(H,21,23). The van der Waals surface area contributed by atoms with Crippen LogP contribution in [0.2, 0.25) is 0 Å². The van der Waals surface area contributed by atoms with Crippen LogP contribution in [-0.2, 0) is 9.53 Å². The third kappa shape index (κ3) is 4.45. The molecule has 1 amide bonds. The SMILES string of the molecule is Cc1ccc(C)c(NC(=O)C(C)OC(=O)c2cc3c(cc2[N+](=O)[O-])OCCO3)c1. The van der Waals surface area contributed by atoms with E-state index in [-0.39, 0.29) is 30.3 Å². The first-order valence-electron chi connectivity index (χ1n) is 8.93. The van der Waals surface area contributed by atoms with Crippen LogP contribution in [0.15, 0.2) is 30.3 Å². The summed E-state index contributed by atoms with van der Waals surface area (Å²) in [5.41, 5.74) is 1.61. The van der Waals surface area contributed by atoms with E-state index in [1.807, 2.05) is 26.0 Å². The predicted octanol–water partition coefficient (Wildman–Crippen LogP) is 3.17. The number of fused-ring (bicyclic) bond motifs is 1. The average molecular weight is 400 g/mol. The smallest absolute Gasteiger partial charge is 0.346 e. The van der Waals surface area contributed by atoms with Crippen LogP contribution in [0.25, 0.3) is 0 Å². The minimum absolute atomic E-state index is 0.181. The zero-order chi connectivity index (χ0) is 21.1. The van der Waals surface area contributed by atoms with Crippen molar-refractivity contribution in [3.05, 3.63) is 57.1 Å². The van der Waals surface area contributed by atoms with Crippen LogP contribution in [0.4, 0.5) is 11.4 Å². The fourth-order valence-corrected chi connectivity index (χ4v) is 2.78. The molecule has 2 aromatic carbocycles. The number of hydrogen-bond donors (Lipinski definition) is 1. The fourth-order valence-electron chi connectivity index (χ4n) is 2.78. The van der Waals surface area contributed by atoms with E-state index in [0.29, 0.717) is 5.69 Å².